The summed E-state index contributed by atoms with van der Waals surface area (Å²) in [5.41, 5.74) is 3.34. The fourth-order valence-corrected chi connectivity index (χ4v) is 3.18. The normalized spacial score (nSPS) is 19.3. The van der Waals surface area contributed by atoms with Gasteiger partial charge in [0.05, 0.1) is 6.10 Å². The topological polar surface area (TPSA) is 73.8 Å². The van der Waals surface area contributed by atoms with Gasteiger partial charge < -0.3 is 25.4 Å². The highest BCUT2D eigenvalue weighted by atomic mass is 16.5. The maximum atomic E-state index is 11.9. The molecular formula is C17H25N3O3. The van der Waals surface area contributed by atoms with E-state index >= 15 is 0 Å². The highest BCUT2D eigenvalue weighted by molar-refractivity contribution is 5.74. The smallest absolute Gasteiger partial charge is 0.315 e. The monoisotopic (exact) mass is 319 g/mol. The molecule has 3 rings (SSSR count). The molecule has 1 atom stereocenters. The largest absolute Gasteiger partial charge is 0.387 e. The molecule has 0 aromatic heterocycles. The lowest BCUT2D eigenvalue weighted by atomic mass is 10.0. The first kappa shape index (κ1) is 16.1. The second-order valence-electron chi connectivity index (χ2n) is 6.32. The average molecular weight is 319 g/mol. The Labute approximate surface area is 136 Å². The van der Waals surface area contributed by atoms with Gasteiger partial charge in [0.1, 0.15) is 0 Å². The molecule has 2 heterocycles. The van der Waals surface area contributed by atoms with E-state index in [1.807, 2.05) is 18.2 Å². The second-order valence-corrected chi connectivity index (χ2v) is 6.32. The summed E-state index contributed by atoms with van der Waals surface area (Å²) < 4.78 is 5.27. The number of nitrogens with zero attached hydrogens (tertiary/aromatic N) is 1. The van der Waals surface area contributed by atoms with Gasteiger partial charge in [-0.15, -0.1) is 0 Å². The summed E-state index contributed by atoms with van der Waals surface area (Å²) in [6, 6.07) is 5.96. The maximum Gasteiger partial charge on any atom is 0.315 e. The molecule has 6 heteroatoms. The summed E-state index contributed by atoms with van der Waals surface area (Å²) in [6.45, 7) is 2.61. The zero-order valence-electron chi connectivity index (χ0n) is 13.5. The van der Waals surface area contributed by atoms with E-state index in [0.29, 0.717) is 13.2 Å². The van der Waals surface area contributed by atoms with E-state index in [-0.39, 0.29) is 18.6 Å². The van der Waals surface area contributed by atoms with Crippen LogP contribution in [0.1, 0.15) is 30.1 Å². The number of hydrogen-bond donors (Lipinski definition) is 3. The number of carbonyl (C=O) groups is 1. The van der Waals surface area contributed by atoms with E-state index in [1.165, 1.54) is 11.3 Å². The van der Waals surface area contributed by atoms with E-state index in [4.69, 9.17) is 4.74 Å². The van der Waals surface area contributed by atoms with Crippen molar-refractivity contribution < 1.29 is 14.6 Å². The number of hydrogen-bond acceptors (Lipinski definition) is 4. The molecule has 2 aliphatic rings. The third-order valence-corrected chi connectivity index (χ3v) is 4.63. The third kappa shape index (κ3) is 3.95. The van der Waals surface area contributed by atoms with Crippen molar-refractivity contribution in [1.29, 1.82) is 0 Å². The highest BCUT2D eigenvalue weighted by Gasteiger charge is 2.19. The Bertz CT molecular complexity index is 558. The Morgan fingerprint density at radius 1 is 1.43 bits per heavy atom. The van der Waals surface area contributed by atoms with Crippen LogP contribution in [0, 0.1) is 0 Å². The fourth-order valence-electron chi connectivity index (χ4n) is 3.18. The number of rotatable bonds is 4. The van der Waals surface area contributed by atoms with E-state index in [1.54, 1.807) is 0 Å². The first-order valence-corrected chi connectivity index (χ1v) is 8.27. The number of likely N-dealkylation sites (N-methyl/N-ethyl adjacent to an activating group) is 1. The van der Waals surface area contributed by atoms with Crippen molar-refractivity contribution >= 4 is 11.7 Å². The molecule has 3 N–H and O–H groups in total. The van der Waals surface area contributed by atoms with Gasteiger partial charge in [-0.05, 0) is 36.5 Å². The van der Waals surface area contributed by atoms with Crippen molar-refractivity contribution in [1.82, 2.24) is 10.6 Å². The lowest BCUT2D eigenvalue weighted by molar-refractivity contribution is 0.0798. The van der Waals surface area contributed by atoms with Gasteiger partial charge in [0, 0.05) is 45.1 Å². The molecular weight excluding hydrogens is 294 g/mol. The summed E-state index contributed by atoms with van der Waals surface area (Å²) in [6.07, 6.45) is 2.00. The lowest BCUT2D eigenvalue weighted by Crippen LogP contribution is -2.45. The first-order valence-electron chi connectivity index (χ1n) is 8.27. The predicted octanol–water partition coefficient (Wildman–Crippen LogP) is 1.19. The van der Waals surface area contributed by atoms with Crippen LogP contribution in [0.25, 0.3) is 0 Å². The molecule has 0 radical (unpaired) electrons. The molecule has 1 fully saturated rings. The van der Waals surface area contributed by atoms with Crippen LogP contribution in [-0.4, -0.2) is 50.5 Å². The number of fused-ring (bicyclic) bond motifs is 1. The molecule has 0 spiro atoms. The van der Waals surface area contributed by atoms with E-state index < -0.39 is 6.10 Å². The number of urea groups is 1. The molecule has 2 aliphatic heterocycles. The van der Waals surface area contributed by atoms with Gasteiger partial charge in [-0.2, -0.15) is 0 Å². The summed E-state index contributed by atoms with van der Waals surface area (Å²) >= 11 is 0. The van der Waals surface area contributed by atoms with Crippen molar-refractivity contribution in [2.45, 2.75) is 31.4 Å². The molecule has 1 saturated heterocycles. The van der Waals surface area contributed by atoms with Crippen LogP contribution in [0.15, 0.2) is 18.2 Å². The average Bonchev–Trinajstić information content (AvgIpc) is 2.94. The van der Waals surface area contributed by atoms with Crippen LogP contribution in [-0.2, 0) is 11.2 Å². The van der Waals surface area contributed by atoms with Gasteiger partial charge in [0.15, 0.2) is 0 Å². The van der Waals surface area contributed by atoms with Crippen molar-refractivity contribution in [2.24, 2.45) is 0 Å². The molecule has 0 unspecified atom stereocenters. The molecule has 1 aromatic rings. The Morgan fingerprint density at radius 2 is 2.22 bits per heavy atom. The van der Waals surface area contributed by atoms with E-state index in [2.05, 4.69) is 22.6 Å². The van der Waals surface area contributed by atoms with Gasteiger partial charge >= 0.3 is 6.03 Å². The summed E-state index contributed by atoms with van der Waals surface area (Å²) in [5.74, 6) is 0. The standard InChI is InChI=1S/C17H25N3O3/c1-20-7-4-12-10-13(2-3-15(12)20)16(21)11-18-17(22)19-14-5-8-23-9-6-14/h2-3,10,14,16,21H,4-9,11H2,1H3,(H2,18,19,22)/t16-/m0/s1. The molecule has 0 bridgehead atoms. The lowest BCUT2D eigenvalue weighted by Gasteiger charge is -2.23. The molecule has 2 amide bonds. The zero-order valence-corrected chi connectivity index (χ0v) is 13.5. The number of anilines is 1. The van der Waals surface area contributed by atoms with Gasteiger partial charge in [0.2, 0.25) is 0 Å². The van der Waals surface area contributed by atoms with Gasteiger partial charge in [0.25, 0.3) is 0 Å². The van der Waals surface area contributed by atoms with Crippen LogP contribution in [0.5, 0.6) is 0 Å². The zero-order chi connectivity index (χ0) is 16.2. The number of amides is 2. The van der Waals surface area contributed by atoms with Crippen LogP contribution in [0.4, 0.5) is 10.5 Å². The Morgan fingerprint density at radius 3 is 3.00 bits per heavy atom. The van der Waals surface area contributed by atoms with Crippen LogP contribution in [0.2, 0.25) is 0 Å². The predicted molar refractivity (Wildman–Crippen MR) is 88.8 cm³/mol. The summed E-state index contributed by atoms with van der Waals surface area (Å²) in [4.78, 5) is 14.1. The maximum absolute atomic E-state index is 11.9. The van der Waals surface area contributed by atoms with Crippen LogP contribution < -0.4 is 15.5 Å². The first-order chi connectivity index (χ1) is 11.1. The van der Waals surface area contributed by atoms with Gasteiger partial charge in [-0.25, -0.2) is 4.79 Å². The minimum Gasteiger partial charge on any atom is -0.387 e. The molecule has 23 heavy (non-hydrogen) atoms. The number of ether oxygens (including phenoxy) is 1. The molecule has 1 aromatic carbocycles. The number of benzene rings is 1. The van der Waals surface area contributed by atoms with E-state index in [0.717, 1.165) is 31.4 Å². The molecule has 0 saturated carbocycles. The molecule has 0 aliphatic carbocycles. The number of aliphatic hydroxyl groups excluding tert-OH is 1. The van der Waals surface area contributed by atoms with Crippen LogP contribution >= 0.6 is 0 Å². The number of carbonyl (C=O) groups excluding carboxylic acids is 1. The van der Waals surface area contributed by atoms with Crippen molar-refractivity contribution in [3.63, 3.8) is 0 Å². The third-order valence-electron chi connectivity index (χ3n) is 4.63. The number of aliphatic hydroxyl groups is 1. The van der Waals surface area contributed by atoms with Gasteiger partial charge in [-0.1, -0.05) is 12.1 Å². The van der Waals surface area contributed by atoms with Crippen molar-refractivity contribution in [3.8, 4) is 0 Å². The Balaban J connectivity index is 1.49. The quantitative estimate of drug-likeness (QED) is 0.779. The number of nitrogens with one attached hydrogen (secondary N) is 2. The van der Waals surface area contributed by atoms with Gasteiger partial charge in [-0.3, -0.25) is 0 Å². The van der Waals surface area contributed by atoms with Crippen molar-refractivity contribution in [2.75, 3.05) is 38.3 Å². The Hall–Kier alpha value is -1.79. The molecule has 6 nitrogen and oxygen atoms in total. The van der Waals surface area contributed by atoms with E-state index in [9.17, 15) is 9.90 Å². The fraction of sp³-hybridized carbons (Fsp3) is 0.588. The second kappa shape index (κ2) is 7.19. The van der Waals surface area contributed by atoms with Crippen molar-refractivity contribution in [3.05, 3.63) is 29.3 Å². The SMILES string of the molecule is CN1CCc2cc([C@@H](O)CNC(=O)NC3CCOCC3)ccc21. The van der Waals surface area contributed by atoms with Crippen LogP contribution in [0.3, 0.4) is 0 Å². The minimum atomic E-state index is -0.688. The minimum absolute atomic E-state index is 0.163. The summed E-state index contributed by atoms with van der Waals surface area (Å²) in [5, 5.41) is 16.0. The molecule has 126 valence electrons. The Kier molecular flexibility index (Phi) is 5.03. The summed E-state index contributed by atoms with van der Waals surface area (Å²) in [7, 11) is 2.07. The highest BCUT2D eigenvalue weighted by Crippen LogP contribution is 2.29.